The van der Waals surface area contributed by atoms with Gasteiger partial charge in [0.1, 0.15) is 5.82 Å². The van der Waals surface area contributed by atoms with Crippen LogP contribution in [-0.4, -0.2) is 4.98 Å². The first kappa shape index (κ1) is 8.53. The monoisotopic (exact) mass is 170 g/mol. The molecule has 3 heteroatoms. The second-order valence-corrected chi connectivity index (χ2v) is 4.04. The van der Waals surface area contributed by atoms with Crippen molar-refractivity contribution in [2.45, 2.75) is 33.1 Å². The molecule has 1 atom stereocenters. The van der Waals surface area contributed by atoms with Crippen LogP contribution in [0, 0.1) is 6.92 Å². The highest BCUT2D eigenvalue weighted by Gasteiger charge is 2.09. The topological polar surface area (TPSA) is 38.9 Å². The zero-order valence-electron chi connectivity index (χ0n) is 7.22. The van der Waals surface area contributed by atoms with Gasteiger partial charge in [0, 0.05) is 10.8 Å². The van der Waals surface area contributed by atoms with Crippen molar-refractivity contribution in [2.75, 3.05) is 5.73 Å². The summed E-state index contributed by atoms with van der Waals surface area (Å²) in [5.74, 6) is 1.25. The minimum Gasteiger partial charge on any atom is -0.383 e. The molecular formula is C8H14N2S. The number of anilines is 1. The lowest BCUT2D eigenvalue weighted by Gasteiger charge is -2.00. The SMILES string of the molecule is CCC(C)c1nc(N)c(C)s1. The Kier molecular flexibility index (Phi) is 2.49. The lowest BCUT2D eigenvalue weighted by Crippen LogP contribution is -1.91. The number of hydrogen-bond donors (Lipinski definition) is 1. The van der Waals surface area contributed by atoms with Crippen LogP contribution in [0.5, 0.6) is 0 Å². The van der Waals surface area contributed by atoms with E-state index >= 15 is 0 Å². The molecule has 11 heavy (non-hydrogen) atoms. The highest BCUT2D eigenvalue weighted by Crippen LogP contribution is 2.27. The van der Waals surface area contributed by atoms with Gasteiger partial charge >= 0.3 is 0 Å². The van der Waals surface area contributed by atoms with Gasteiger partial charge < -0.3 is 5.73 Å². The van der Waals surface area contributed by atoms with E-state index < -0.39 is 0 Å². The first-order valence-corrected chi connectivity index (χ1v) is 4.69. The van der Waals surface area contributed by atoms with E-state index in [0.29, 0.717) is 11.7 Å². The van der Waals surface area contributed by atoms with Crippen LogP contribution in [0.25, 0.3) is 0 Å². The maximum Gasteiger partial charge on any atom is 0.137 e. The highest BCUT2D eigenvalue weighted by atomic mass is 32.1. The molecular weight excluding hydrogens is 156 g/mol. The summed E-state index contributed by atoms with van der Waals surface area (Å²) in [6.45, 7) is 6.36. The summed E-state index contributed by atoms with van der Waals surface area (Å²) in [6, 6.07) is 0. The fraction of sp³-hybridized carbons (Fsp3) is 0.625. The number of aryl methyl sites for hydroxylation is 1. The van der Waals surface area contributed by atoms with Crippen molar-refractivity contribution in [3.63, 3.8) is 0 Å². The molecule has 0 amide bonds. The average Bonchev–Trinajstić information content (AvgIpc) is 2.31. The van der Waals surface area contributed by atoms with Crippen molar-refractivity contribution in [1.82, 2.24) is 4.98 Å². The summed E-state index contributed by atoms with van der Waals surface area (Å²) in [5.41, 5.74) is 5.63. The summed E-state index contributed by atoms with van der Waals surface area (Å²) in [5, 5.41) is 1.17. The van der Waals surface area contributed by atoms with Crippen molar-refractivity contribution >= 4 is 17.2 Å². The smallest absolute Gasteiger partial charge is 0.137 e. The molecule has 0 saturated carbocycles. The first-order valence-electron chi connectivity index (χ1n) is 3.88. The predicted molar refractivity (Wildman–Crippen MR) is 50.0 cm³/mol. The molecule has 1 rings (SSSR count). The van der Waals surface area contributed by atoms with E-state index in [2.05, 4.69) is 18.8 Å². The Morgan fingerprint density at radius 1 is 1.64 bits per heavy atom. The maximum atomic E-state index is 5.63. The largest absolute Gasteiger partial charge is 0.383 e. The third-order valence-electron chi connectivity index (χ3n) is 1.88. The van der Waals surface area contributed by atoms with Gasteiger partial charge in [-0.2, -0.15) is 0 Å². The van der Waals surface area contributed by atoms with Crippen molar-refractivity contribution in [3.8, 4) is 0 Å². The van der Waals surface area contributed by atoms with Crippen molar-refractivity contribution in [3.05, 3.63) is 9.88 Å². The van der Waals surface area contributed by atoms with Gasteiger partial charge in [0.25, 0.3) is 0 Å². The van der Waals surface area contributed by atoms with Gasteiger partial charge in [0.15, 0.2) is 0 Å². The van der Waals surface area contributed by atoms with Crippen LogP contribution in [-0.2, 0) is 0 Å². The minimum atomic E-state index is 0.552. The molecule has 1 unspecified atom stereocenters. The van der Waals surface area contributed by atoms with Gasteiger partial charge in [0.05, 0.1) is 5.01 Å². The van der Waals surface area contributed by atoms with Gasteiger partial charge in [-0.15, -0.1) is 11.3 Å². The molecule has 0 aliphatic carbocycles. The van der Waals surface area contributed by atoms with Gasteiger partial charge in [-0.1, -0.05) is 13.8 Å². The summed E-state index contributed by atoms with van der Waals surface area (Å²) in [7, 11) is 0. The summed E-state index contributed by atoms with van der Waals surface area (Å²) in [4.78, 5) is 5.42. The molecule has 1 heterocycles. The number of nitrogen functional groups attached to an aromatic ring is 1. The Balaban J connectivity index is 2.88. The molecule has 0 radical (unpaired) electrons. The molecule has 1 aromatic rings. The van der Waals surface area contributed by atoms with Crippen LogP contribution in [0.4, 0.5) is 5.82 Å². The van der Waals surface area contributed by atoms with Crippen LogP contribution in [0.15, 0.2) is 0 Å². The van der Waals surface area contributed by atoms with E-state index in [1.807, 2.05) is 6.92 Å². The normalized spacial score (nSPS) is 13.4. The number of nitrogens with zero attached hydrogens (tertiary/aromatic N) is 1. The molecule has 0 aromatic carbocycles. The molecule has 0 bridgehead atoms. The summed E-state index contributed by atoms with van der Waals surface area (Å²) < 4.78 is 0. The number of thiazole rings is 1. The molecule has 2 N–H and O–H groups in total. The third kappa shape index (κ3) is 1.71. The third-order valence-corrected chi connectivity index (χ3v) is 3.10. The van der Waals surface area contributed by atoms with Crippen LogP contribution < -0.4 is 5.73 Å². The Morgan fingerprint density at radius 3 is 2.64 bits per heavy atom. The molecule has 62 valence electrons. The van der Waals surface area contributed by atoms with E-state index in [9.17, 15) is 0 Å². The maximum absolute atomic E-state index is 5.63. The molecule has 2 nitrogen and oxygen atoms in total. The quantitative estimate of drug-likeness (QED) is 0.740. The zero-order valence-corrected chi connectivity index (χ0v) is 8.03. The van der Waals surface area contributed by atoms with E-state index in [4.69, 9.17) is 5.73 Å². The number of rotatable bonds is 2. The Labute approximate surface area is 71.5 Å². The van der Waals surface area contributed by atoms with E-state index in [1.54, 1.807) is 11.3 Å². The van der Waals surface area contributed by atoms with Crippen molar-refractivity contribution in [1.29, 1.82) is 0 Å². The minimum absolute atomic E-state index is 0.552. The molecule has 0 fully saturated rings. The zero-order chi connectivity index (χ0) is 8.43. The van der Waals surface area contributed by atoms with E-state index in [0.717, 1.165) is 11.3 Å². The second kappa shape index (κ2) is 3.22. The van der Waals surface area contributed by atoms with Gasteiger partial charge in [-0.3, -0.25) is 0 Å². The molecule has 0 aliphatic heterocycles. The Morgan fingerprint density at radius 2 is 2.27 bits per heavy atom. The fourth-order valence-corrected chi connectivity index (χ4v) is 1.79. The Bertz CT molecular complexity index is 223. The Hall–Kier alpha value is -0.570. The number of aromatic nitrogens is 1. The van der Waals surface area contributed by atoms with Gasteiger partial charge in [0.2, 0.25) is 0 Å². The summed E-state index contributed by atoms with van der Waals surface area (Å²) >= 11 is 1.71. The van der Waals surface area contributed by atoms with Crippen LogP contribution >= 0.6 is 11.3 Å². The predicted octanol–water partition coefficient (Wildman–Crippen LogP) is 2.55. The molecule has 1 aromatic heterocycles. The first-order chi connectivity index (χ1) is 5.15. The standard InChI is InChI=1S/C8H14N2S/c1-4-5(2)8-10-7(9)6(3)11-8/h5H,4,9H2,1-3H3. The van der Waals surface area contributed by atoms with E-state index in [1.165, 1.54) is 5.01 Å². The van der Waals surface area contributed by atoms with Crippen LogP contribution in [0.1, 0.15) is 36.1 Å². The van der Waals surface area contributed by atoms with Gasteiger partial charge in [-0.25, -0.2) is 4.98 Å². The van der Waals surface area contributed by atoms with Crippen molar-refractivity contribution in [2.24, 2.45) is 0 Å². The van der Waals surface area contributed by atoms with Crippen LogP contribution in [0.3, 0.4) is 0 Å². The average molecular weight is 170 g/mol. The number of hydrogen-bond acceptors (Lipinski definition) is 3. The fourth-order valence-electron chi connectivity index (χ4n) is 0.815. The summed E-state index contributed by atoms with van der Waals surface area (Å²) in [6.07, 6.45) is 1.13. The van der Waals surface area contributed by atoms with E-state index in [-0.39, 0.29) is 0 Å². The van der Waals surface area contributed by atoms with Gasteiger partial charge in [-0.05, 0) is 13.3 Å². The molecule has 0 saturated heterocycles. The lowest BCUT2D eigenvalue weighted by molar-refractivity contribution is 0.727. The molecule has 0 aliphatic rings. The van der Waals surface area contributed by atoms with Crippen molar-refractivity contribution < 1.29 is 0 Å². The second-order valence-electron chi connectivity index (χ2n) is 2.80. The molecule has 0 spiro atoms. The van der Waals surface area contributed by atoms with Crippen LogP contribution in [0.2, 0.25) is 0 Å². The lowest BCUT2D eigenvalue weighted by atomic mass is 10.1. The number of nitrogens with two attached hydrogens (primary N) is 1. The highest BCUT2D eigenvalue weighted by molar-refractivity contribution is 7.12.